The Bertz CT molecular complexity index is 2520. The molecule has 10 heteroatoms. The van der Waals surface area contributed by atoms with Crippen molar-refractivity contribution in [2.75, 3.05) is 0 Å². The molecule has 0 unspecified atom stereocenters. The van der Waals surface area contributed by atoms with Gasteiger partial charge in [0.05, 0.1) is 27.8 Å². The molecule has 256 valence electrons. The molecule has 0 saturated heterocycles. The molecule has 0 aliphatic carbocycles. The first kappa shape index (κ1) is 32.9. The predicted octanol–water partition coefficient (Wildman–Crippen LogP) is 12.0. The number of fused-ring (bicyclic) bond motifs is 3. The maximum absolute atomic E-state index is 14.0. The van der Waals surface area contributed by atoms with Crippen molar-refractivity contribution in [1.82, 2.24) is 19.5 Å². The summed E-state index contributed by atoms with van der Waals surface area (Å²) in [5.74, 6) is 1.06. The predicted molar refractivity (Wildman–Crippen MR) is 191 cm³/mol. The molecule has 0 amide bonds. The van der Waals surface area contributed by atoms with E-state index >= 15 is 0 Å². The SMILES string of the molecule is Cc1ccc2c(c1)c1ccccc1n2-c1cc(-c2cc(C(F)(F)F)cc(C(F)(F)F)c2)ccc1-c1nc(-c2ccccc2)nc(-c2ccccc2)n1. The Morgan fingerprint density at radius 3 is 1.58 bits per heavy atom. The molecule has 0 radical (unpaired) electrons. The lowest BCUT2D eigenvalue weighted by atomic mass is 9.97. The molecule has 0 atom stereocenters. The molecule has 0 aliphatic rings. The number of hydrogen-bond donors (Lipinski definition) is 0. The van der Waals surface area contributed by atoms with Crippen LogP contribution < -0.4 is 0 Å². The molecule has 52 heavy (non-hydrogen) atoms. The minimum Gasteiger partial charge on any atom is -0.308 e. The van der Waals surface area contributed by atoms with Crippen molar-refractivity contribution in [3.8, 4) is 51.0 Å². The first-order valence-electron chi connectivity index (χ1n) is 16.3. The standard InChI is InChI=1S/C42H26F6N4/c1-25-16-19-36-34(20-25)32-14-8-9-15-35(32)52(36)37-23-28(29-21-30(41(43,44)45)24-31(22-29)42(46,47)48)17-18-33(37)40-50-38(26-10-4-2-5-11-26)49-39(51-40)27-12-6-3-7-13-27/h2-24H,1H3. The molecule has 0 N–H and O–H groups in total. The fourth-order valence-corrected chi connectivity index (χ4v) is 6.48. The molecule has 6 aromatic carbocycles. The first-order chi connectivity index (χ1) is 24.9. The van der Waals surface area contributed by atoms with Gasteiger partial charge >= 0.3 is 12.4 Å². The molecule has 0 bridgehead atoms. The van der Waals surface area contributed by atoms with Crippen molar-refractivity contribution in [2.45, 2.75) is 19.3 Å². The second kappa shape index (κ2) is 12.5. The van der Waals surface area contributed by atoms with E-state index in [1.807, 2.05) is 115 Å². The van der Waals surface area contributed by atoms with Crippen molar-refractivity contribution < 1.29 is 26.3 Å². The lowest BCUT2D eigenvalue weighted by molar-refractivity contribution is -0.143. The van der Waals surface area contributed by atoms with Crippen LogP contribution in [0.5, 0.6) is 0 Å². The van der Waals surface area contributed by atoms with Crippen LogP contribution in [0.15, 0.2) is 140 Å². The molecule has 8 aromatic rings. The van der Waals surface area contributed by atoms with Crippen molar-refractivity contribution in [3.05, 3.63) is 156 Å². The smallest absolute Gasteiger partial charge is 0.308 e. The number of nitrogens with zero attached hydrogens (tertiary/aromatic N) is 4. The van der Waals surface area contributed by atoms with E-state index in [0.717, 1.165) is 50.6 Å². The highest BCUT2D eigenvalue weighted by Gasteiger charge is 2.37. The first-order valence-corrected chi connectivity index (χ1v) is 16.3. The third kappa shape index (κ3) is 6.06. The number of aryl methyl sites for hydroxylation is 1. The zero-order chi connectivity index (χ0) is 36.2. The van der Waals surface area contributed by atoms with Gasteiger partial charge in [-0.25, -0.2) is 15.0 Å². The average molecular weight is 701 g/mol. The fourth-order valence-electron chi connectivity index (χ4n) is 6.48. The Hall–Kier alpha value is -6.29. The number of rotatable bonds is 5. The van der Waals surface area contributed by atoms with Crippen LogP contribution >= 0.6 is 0 Å². The number of hydrogen-bond acceptors (Lipinski definition) is 3. The van der Waals surface area contributed by atoms with E-state index < -0.39 is 23.5 Å². The van der Waals surface area contributed by atoms with Gasteiger partial charge in [-0.05, 0) is 66.6 Å². The number of aromatic nitrogens is 4. The Kier molecular flexibility index (Phi) is 7.90. The molecule has 0 saturated carbocycles. The number of alkyl halides is 6. The largest absolute Gasteiger partial charge is 0.416 e. The van der Waals surface area contributed by atoms with Crippen molar-refractivity contribution in [3.63, 3.8) is 0 Å². The Morgan fingerprint density at radius 2 is 0.981 bits per heavy atom. The Labute approximate surface area is 293 Å². The Morgan fingerprint density at radius 1 is 0.442 bits per heavy atom. The van der Waals surface area contributed by atoms with Gasteiger partial charge in [0.2, 0.25) is 0 Å². The van der Waals surface area contributed by atoms with Crippen LogP contribution in [0, 0.1) is 6.92 Å². The van der Waals surface area contributed by atoms with Gasteiger partial charge in [0.1, 0.15) is 0 Å². The second-order valence-corrected chi connectivity index (χ2v) is 12.4. The number of halogens is 6. The highest BCUT2D eigenvalue weighted by atomic mass is 19.4. The molecule has 4 nitrogen and oxygen atoms in total. The zero-order valence-electron chi connectivity index (χ0n) is 27.3. The van der Waals surface area contributed by atoms with Crippen LogP contribution in [-0.4, -0.2) is 19.5 Å². The number of benzene rings is 6. The van der Waals surface area contributed by atoms with Crippen LogP contribution in [0.2, 0.25) is 0 Å². The van der Waals surface area contributed by atoms with E-state index in [9.17, 15) is 26.3 Å². The van der Waals surface area contributed by atoms with Gasteiger partial charge in [-0.3, -0.25) is 0 Å². The van der Waals surface area contributed by atoms with E-state index in [-0.39, 0.29) is 23.0 Å². The van der Waals surface area contributed by atoms with Crippen LogP contribution in [0.25, 0.3) is 72.8 Å². The third-order valence-electron chi connectivity index (χ3n) is 8.93. The second-order valence-electron chi connectivity index (χ2n) is 12.4. The third-order valence-corrected chi connectivity index (χ3v) is 8.93. The van der Waals surface area contributed by atoms with Gasteiger partial charge < -0.3 is 4.57 Å². The summed E-state index contributed by atoms with van der Waals surface area (Å²) in [6.07, 6.45) is -10.0. The average Bonchev–Trinajstić information content (AvgIpc) is 3.47. The van der Waals surface area contributed by atoms with Crippen molar-refractivity contribution in [1.29, 1.82) is 0 Å². The van der Waals surface area contributed by atoms with Gasteiger partial charge in [0.15, 0.2) is 17.5 Å². The van der Waals surface area contributed by atoms with Crippen LogP contribution in [0.1, 0.15) is 16.7 Å². The summed E-state index contributed by atoms with van der Waals surface area (Å²) in [5, 5.41) is 1.84. The van der Waals surface area contributed by atoms with Gasteiger partial charge in [-0.15, -0.1) is 0 Å². The van der Waals surface area contributed by atoms with Crippen molar-refractivity contribution in [2.24, 2.45) is 0 Å². The van der Waals surface area contributed by atoms with Gasteiger partial charge in [-0.1, -0.05) is 96.6 Å². The summed E-state index contributed by atoms with van der Waals surface area (Å²) in [5.41, 5.74) is 2.12. The normalized spacial score (nSPS) is 12.1. The van der Waals surface area contributed by atoms with E-state index in [1.165, 1.54) is 6.07 Å². The summed E-state index contributed by atoms with van der Waals surface area (Å²) in [6, 6.07) is 38.7. The summed E-state index contributed by atoms with van der Waals surface area (Å²) in [6.45, 7) is 1.98. The summed E-state index contributed by atoms with van der Waals surface area (Å²) in [4.78, 5) is 14.6. The lowest BCUT2D eigenvalue weighted by Gasteiger charge is -2.18. The molecule has 8 rings (SSSR count). The summed E-state index contributed by atoms with van der Waals surface area (Å²) < 4.78 is 85.9. The Balaban J connectivity index is 1.46. The molecule has 0 aliphatic heterocycles. The van der Waals surface area contributed by atoms with Gasteiger partial charge in [-0.2, -0.15) is 26.3 Å². The molecule has 0 fully saturated rings. The van der Waals surface area contributed by atoms with Gasteiger partial charge in [0.25, 0.3) is 0 Å². The molecular formula is C42H26F6N4. The molecular weight excluding hydrogens is 674 g/mol. The maximum atomic E-state index is 14.0. The highest BCUT2D eigenvalue weighted by molar-refractivity contribution is 6.10. The van der Waals surface area contributed by atoms with Crippen molar-refractivity contribution >= 4 is 21.8 Å². The van der Waals surface area contributed by atoms with E-state index in [4.69, 9.17) is 15.0 Å². The summed E-state index contributed by atoms with van der Waals surface area (Å²) >= 11 is 0. The van der Waals surface area contributed by atoms with Crippen LogP contribution in [-0.2, 0) is 12.4 Å². The zero-order valence-corrected chi connectivity index (χ0v) is 27.3. The van der Waals surface area contributed by atoms with E-state index in [0.29, 0.717) is 22.9 Å². The molecule has 2 aromatic heterocycles. The minimum atomic E-state index is -5.00. The number of para-hydroxylation sites is 1. The minimum absolute atomic E-state index is 0.134. The monoisotopic (exact) mass is 700 g/mol. The lowest BCUT2D eigenvalue weighted by Crippen LogP contribution is -2.11. The van der Waals surface area contributed by atoms with Crippen LogP contribution in [0.4, 0.5) is 26.3 Å². The van der Waals surface area contributed by atoms with E-state index in [1.54, 1.807) is 12.1 Å². The topological polar surface area (TPSA) is 43.6 Å². The van der Waals surface area contributed by atoms with E-state index in [2.05, 4.69) is 0 Å². The van der Waals surface area contributed by atoms with Gasteiger partial charge in [0, 0.05) is 27.5 Å². The van der Waals surface area contributed by atoms with Crippen LogP contribution in [0.3, 0.4) is 0 Å². The summed E-state index contributed by atoms with van der Waals surface area (Å²) in [7, 11) is 0. The molecule has 0 spiro atoms. The quantitative estimate of drug-likeness (QED) is 0.168. The maximum Gasteiger partial charge on any atom is 0.416 e. The molecule has 2 heterocycles. The fraction of sp³-hybridized carbons (Fsp3) is 0.0714. The highest BCUT2D eigenvalue weighted by Crippen LogP contribution is 2.42.